The first-order valence-corrected chi connectivity index (χ1v) is 32.6. The first-order valence-electron chi connectivity index (χ1n) is 32.6. The summed E-state index contributed by atoms with van der Waals surface area (Å²) < 4.78 is 17.0. The molecule has 0 rings (SSSR count). The number of hydrogen-bond acceptors (Lipinski definition) is 6. The molecule has 0 aliphatic rings. The molecule has 0 bridgehead atoms. The molecule has 0 spiro atoms. The summed E-state index contributed by atoms with van der Waals surface area (Å²) in [7, 11) is 0. The molecule has 1 atom stereocenters. The lowest BCUT2D eigenvalue weighted by Crippen LogP contribution is -2.30. The quantitative estimate of drug-likeness (QED) is 0.0343. The molecule has 0 fully saturated rings. The van der Waals surface area contributed by atoms with Gasteiger partial charge in [0, 0.05) is 19.3 Å². The number of carbonyl (C=O) groups is 3. The van der Waals surface area contributed by atoms with Crippen molar-refractivity contribution in [2.45, 2.75) is 375 Å². The molecule has 0 N–H and O–H groups in total. The van der Waals surface area contributed by atoms with Crippen molar-refractivity contribution in [3.05, 3.63) is 0 Å². The van der Waals surface area contributed by atoms with E-state index >= 15 is 0 Å². The Kier molecular flexibility index (Phi) is 55.9. The van der Waals surface area contributed by atoms with Crippen LogP contribution < -0.4 is 0 Å². The smallest absolute Gasteiger partial charge is 0.306 e. The highest BCUT2D eigenvalue weighted by atomic mass is 16.6. The fraction of sp³-hybridized carbons (Fsp3) is 0.955. The maximum atomic E-state index is 12.9. The summed E-state index contributed by atoms with van der Waals surface area (Å²) in [5.41, 5.74) is 0. The van der Waals surface area contributed by atoms with Gasteiger partial charge in [0.15, 0.2) is 6.10 Å². The molecular formula is C66H128O6. The zero-order valence-electron chi connectivity index (χ0n) is 49.7. The normalized spacial score (nSPS) is 12.1. The summed E-state index contributed by atoms with van der Waals surface area (Å²) >= 11 is 0. The van der Waals surface area contributed by atoms with Gasteiger partial charge in [-0.2, -0.15) is 0 Å². The van der Waals surface area contributed by atoms with Gasteiger partial charge in [0.25, 0.3) is 0 Å². The van der Waals surface area contributed by atoms with Crippen molar-refractivity contribution in [1.82, 2.24) is 0 Å². The van der Waals surface area contributed by atoms with Gasteiger partial charge in [-0.3, -0.25) is 14.4 Å². The zero-order chi connectivity index (χ0) is 52.6. The average Bonchev–Trinajstić information content (AvgIpc) is 3.34. The summed E-state index contributed by atoms with van der Waals surface area (Å²) in [5, 5.41) is 0. The van der Waals surface area contributed by atoms with E-state index in [0.29, 0.717) is 19.3 Å². The van der Waals surface area contributed by atoms with Gasteiger partial charge in [-0.25, -0.2) is 0 Å². The van der Waals surface area contributed by atoms with E-state index in [2.05, 4.69) is 41.5 Å². The Morgan fingerprint density at radius 1 is 0.236 bits per heavy atom. The van der Waals surface area contributed by atoms with Crippen LogP contribution in [-0.4, -0.2) is 37.2 Å². The maximum Gasteiger partial charge on any atom is 0.306 e. The van der Waals surface area contributed by atoms with Crippen molar-refractivity contribution in [2.24, 2.45) is 17.8 Å². The molecule has 72 heavy (non-hydrogen) atoms. The van der Waals surface area contributed by atoms with Gasteiger partial charge in [0.1, 0.15) is 13.2 Å². The van der Waals surface area contributed by atoms with Gasteiger partial charge >= 0.3 is 17.9 Å². The molecule has 0 radical (unpaired) electrons. The van der Waals surface area contributed by atoms with Crippen molar-refractivity contribution in [1.29, 1.82) is 0 Å². The Bertz CT molecular complexity index is 1120. The lowest BCUT2D eigenvalue weighted by molar-refractivity contribution is -0.167. The lowest BCUT2D eigenvalue weighted by atomic mass is 10.0. The molecule has 6 nitrogen and oxygen atoms in total. The minimum atomic E-state index is -0.765. The van der Waals surface area contributed by atoms with Crippen molar-refractivity contribution >= 4 is 17.9 Å². The van der Waals surface area contributed by atoms with Gasteiger partial charge in [-0.05, 0) is 37.0 Å². The molecule has 0 aliphatic carbocycles. The topological polar surface area (TPSA) is 78.9 Å². The van der Waals surface area contributed by atoms with Crippen LogP contribution in [0.1, 0.15) is 369 Å². The van der Waals surface area contributed by atoms with E-state index in [9.17, 15) is 14.4 Å². The monoisotopic (exact) mass is 1020 g/mol. The van der Waals surface area contributed by atoms with E-state index in [-0.39, 0.29) is 31.1 Å². The minimum Gasteiger partial charge on any atom is -0.462 e. The Labute approximate surface area is 450 Å². The molecule has 0 amide bonds. The Morgan fingerprint density at radius 2 is 0.403 bits per heavy atom. The molecule has 0 aromatic rings. The van der Waals surface area contributed by atoms with Crippen molar-refractivity contribution in [3.63, 3.8) is 0 Å². The molecule has 0 aliphatic heterocycles. The van der Waals surface area contributed by atoms with Crippen LogP contribution in [0, 0.1) is 17.8 Å². The van der Waals surface area contributed by atoms with Gasteiger partial charge in [0.2, 0.25) is 0 Å². The summed E-state index contributed by atoms with van der Waals surface area (Å²) in [5.74, 6) is 1.71. The van der Waals surface area contributed by atoms with Crippen LogP contribution in [0.15, 0.2) is 0 Å². The number of rotatable bonds is 59. The SMILES string of the molecule is CC(C)CCCCCCCCCCCCCCCCCCCCC(=O)O[C@H](COC(=O)CCCCCCCCCCCCCCCCCC(C)C)COC(=O)CCCCCCCCCCCCCCC(C)C. The maximum absolute atomic E-state index is 12.9. The first-order chi connectivity index (χ1) is 35.1. The molecule has 0 saturated carbocycles. The van der Waals surface area contributed by atoms with Gasteiger partial charge in [-0.1, -0.05) is 330 Å². The molecular weight excluding hydrogens is 889 g/mol. The third kappa shape index (κ3) is 59.3. The Balaban J connectivity index is 4.28. The zero-order valence-corrected chi connectivity index (χ0v) is 49.7. The highest BCUT2D eigenvalue weighted by Gasteiger charge is 2.19. The van der Waals surface area contributed by atoms with Crippen LogP contribution in [0.3, 0.4) is 0 Å². The third-order valence-electron chi connectivity index (χ3n) is 15.1. The predicted molar refractivity (Wildman–Crippen MR) is 312 cm³/mol. The minimum absolute atomic E-state index is 0.0624. The second-order valence-electron chi connectivity index (χ2n) is 24.2. The summed E-state index contributed by atoms with van der Waals surface area (Å²) in [6.07, 6.45) is 62.5. The van der Waals surface area contributed by atoms with Gasteiger partial charge in [0.05, 0.1) is 0 Å². The van der Waals surface area contributed by atoms with E-state index in [0.717, 1.165) is 75.5 Å². The predicted octanol–water partition coefficient (Wildman–Crippen LogP) is 21.8. The number of unbranched alkanes of at least 4 members (excludes halogenated alkanes) is 42. The molecule has 0 aromatic carbocycles. The lowest BCUT2D eigenvalue weighted by Gasteiger charge is -2.18. The highest BCUT2D eigenvalue weighted by Crippen LogP contribution is 2.19. The van der Waals surface area contributed by atoms with Gasteiger partial charge in [-0.15, -0.1) is 0 Å². The van der Waals surface area contributed by atoms with Crippen LogP contribution in [0.2, 0.25) is 0 Å². The van der Waals surface area contributed by atoms with Crippen LogP contribution >= 0.6 is 0 Å². The second-order valence-corrected chi connectivity index (χ2v) is 24.2. The number of hydrogen-bond donors (Lipinski definition) is 0. The molecule has 6 heteroatoms. The van der Waals surface area contributed by atoms with E-state index in [1.54, 1.807) is 0 Å². The fourth-order valence-electron chi connectivity index (χ4n) is 10.2. The fourth-order valence-corrected chi connectivity index (χ4v) is 10.2. The van der Waals surface area contributed by atoms with E-state index in [4.69, 9.17) is 14.2 Å². The average molecular weight is 1020 g/mol. The summed E-state index contributed by atoms with van der Waals surface area (Å²) in [6, 6.07) is 0. The van der Waals surface area contributed by atoms with E-state index < -0.39 is 6.10 Å². The van der Waals surface area contributed by atoms with Crippen LogP contribution in [0.25, 0.3) is 0 Å². The molecule has 0 heterocycles. The van der Waals surface area contributed by atoms with Crippen molar-refractivity contribution < 1.29 is 28.6 Å². The van der Waals surface area contributed by atoms with Gasteiger partial charge < -0.3 is 14.2 Å². The van der Waals surface area contributed by atoms with E-state index in [1.807, 2.05) is 0 Å². The number of carbonyl (C=O) groups excluding carboxylic acids is 3. The molecule has 0 saturated heterocycles. The second kappa shape index (κ2) is 57.1. The van der Waals surface area contributed by atoms with Crippen LogP contribution in [-0.2, 0) is 28.6 Å². The van der Waals surface area contributed by atoms with E-state index in [1.165, 1.54) is 250 Å². The number of ether oxygens (including phenoxy) is 3. The van der Waals surface area contributed by atoms with Crippen LogP contribution in [0.4, 0.5) is 0 Å². The van der Waals surface area contributed by atoms with Crippen molar-refractivity contribution in [3.8, 4) is 0 Å². The molecule has 0 aromatic heterocycles. The summed E-state index contributed by atoms with van der Waals surface area (Å²) in [4.78, 5) is 38.3. The molecule has 0 unspecified atom stereocenters. The standard InChI is InChI=1S/C66H128O6/c1-60(2)52-46-40-34-28-22-16-12-9-7-8-10-14-19-27-33-39-45-51-57-66(69)72-63(59-71-65(68)56-50-44-38-32-26-21-20-24-30-36-42-48-54-62(5)6)58-70-64(67)55-49-43-37-31-25-18-15-11-13-17-23-29-35-41-47-53-61(3)4/h60-63H,7-59H2,1-6H3/t63-/m1/s1. The summed E-state index contributed by atoms with van der Waals surface area (Å²) in [6.45, 7) is 13.8. The van der Waals surface area contributed by atoms with Crippen LogP contribution in [0.5, 0.6) is 0 Å². The Hall–Kier alpha value is -1.59. The highest BCUT2D eigenvalue weighted by molar-refractivity contribution is 5.71. The largest absolute Gasteiger partial charge is 0.462 e. The third-order valence-corrected chi connectivity index (χ3v) is 15.1. The number of esters is 3. The van der Waals surface area contributed by atoms with Crippen molar-refractivity contribution in [2.75, 3.05) is 13.2 Å². The first kappa shape index (κ1) is 70.4. The Morgan fingerprint density at radius 3 is 0.597 bits per heavy atom. The molecule has 428 valence electrons.